The molecule has 334 valence electrons. The highest BCUT2D eigenvalue weighted by molar-refractivity contribution is 6.05. The first-order valence-electron chi connectivity index (χ1n) is 24.4. The number of nitrogens with zero attached hydrogens (tertiary/aromatic N) is 3. The number of anilines is 6. The average molecular weight is 898 g/mol. The van der Waals surface area contributed by atoms with Crippen molar-refractivity contribution in [2.24, 2.45) is 0 Å². The van der Waals surface area contributed by atoms with E-state index in [1.165, 1.54) is 77.2 Å². The molecule has 2 aliphatic rings. The van der Waals surface area contributed by atoms with Crippen molar-refractivity contribution in [2.45, 2.75) is 38.5 Å². The number of rotatable bonds is 8. The molecule has 2 aliphatic carbocycles. The maximum absolute atomic E-state index is 5.70. The quantitative estimate of drug-likeness (QED) is 0.151. The van der Waals surface area contributed by atoms with Crippen LogP contribution in [0.25, 0.3) is 66.2 Å². The van der Waals surface area contributed by atoms with Gasteiger partial charge >= 0.3 is 0 Å². The summed E-state index contributed by atoms with van der Waals surface area (Å²) in [5.41, 5.74) is 21.0. The summed E-state index contributed by atoms with van der Waals surface area (Å²) < 4.78 is 0. The lowest BCUT2D eigenvalue weighted by molar-refractivity contribution is 0.631. The van der Waals surface area contributed by atoms with Crippen LogP contribution in [0.4, 0.5) is 34.1 Å². The van der Waals surface area contributed by atoms with Crippen molar-refractivity contribution in [1.82, 2.24) is 4.98 Å². The van der Waals surface area contributed by atoms with Crippen molar-refractivity contribution < 1.29 is 0 Å². The first kappa shape index (κ1) is 41.6. The van der Waals surface area contributed by atoms with E-state index in [4.69, 9.17) is 4.98 Å². The first-order chi connectivity index (χ1) is 34.2. The van der Waals surface area contributed by atoms with Gasteiger partial charge in [-0.1, -0.05) is 179 Å². The second-order valence-electron chi connectivity index (χ2n) is 20.0. The molecule has 70 heavy (non-hydrogen) atoms. The molecule has 0 atom stereocenters. The molecular weight excluding hydrogens is 847 g/mol. The van der Waals surface area contributed by atoms with Crippen LogP contribution < -0.4 is 9.80 Å². The Morgan fingerprint density at radius 2 is 0.757 bits per heavy atom. The van der Waals surface area contributed by atoms with Gasteiger partial charge in [0.25, 0.3) is 0 Å². The predicted molar refractivity (Wildman–Crippen MR) is 295 cm³/mol. The Morgan fingerprint density at radius 1 is 0.300 bits per heavy atom. The van der Waals surface area contributed by atoms with E-state index in [1.54, 1.807) is 0 Å². The van der Waals surface area contributed by atoms with Gasteiger partial charge in [-0.2, -0.15) is 0 Å². The summed E-state index contributed by atoms with van der Waals surface area (Å²) in [6, 6.07) is 86.4. The molecule has 0 bridgehead atoms. The Kier molecular flexibility index (Phi) is 9.54. The van der Waals surface area contributed by atoms with E-state index in [-0.39, 0.29) is 10.8 Å². The predicted octanol–water partition coefficient (Wildman–Crippen LogP) is 18.3. The number of fused-ring (bicyclic) bond motifs is 8. The van der Waals surface area contributed by atoms with Gasteiger partial charge in [0, 0.05) is 56.1 Å². The summed E-state index contributed by atoms with van der Waals surface area (Å²) in [6.45, 7) is 9.45. The molecule has 0 saturated carbocycles. The highest BCUT2D eigenvalue weighted by Gasteiger charge is 2.43. The molecule has 0 fully saturated rings. The van der Waals surface area contributed by atoms with Crippen molar-refractivity contribution in [3.63, 3.8) is 0 Å². The summed E-state index contributed by atoms with van der Waals surface area (Å²) in [5.74, 6) is 0. The summed E-state index contributed by atoms with van der Waals surface area (Å²) in [5, 5.41) is 4.95. The minimum atomic E-state index is -0.307. The second kappa shape index (κ2) is 16.0. The Morgan fingerprint density at radius 3 is 1.40 bits per heavy atom. The molecular formula is C67H51N3. The van der Waals surface area contributed by atoms with Gasteiger partial charge in [-0.3, -0.25) is 4.98 Å². The van der Waals surface area contributed by atoms with Gasteiger partial charge in [-0.05, 0) is 151 Å². The van der Waals surface area contributed by atoms with Gasteiger partial charge in [-0.15, -0.1) is 0 Å². The third kappa shape index (κ3) is 6.60. The molecule has 0 spiro atoms. The molecule has 1 heterocycles. The zero-order chi connectivity index (χ0) is 47.1. The van der Waals surface area contributed by atoms with Gasteiger partial charge in [-0.25, -0.2) is 0 Å². The van der Waals surface area contributed by atoms with E-state index in [1.807, 2.05) is 0 Å². The molecule has 0 aliphatic heterocycles. The van der Waals surface area contributed by atoms with Crippen LogP contribution in [0.15, 0.2) is 237 Å². The fourth-order valence-corrected chi connectivity index (χ4v) is 11.5. The Labute approximate surface area is 410 Å². The molecule has 11 aromatic rings. The van der Waals surface area contributed by atoms with E-state index in [0.717, 1.165) is 45.5 Å². The lowest BCUT2D eigenvalue weighted by Gasteiger charge is -2.28. The number of pyridine rings is 1. The van der Waals surface area contributed by atoms with Crippen molar-refractivity contribution in [3.8, 4) is 44.6 Å². The highest BCUT2D eigenvalue weighted by Crippen LogP contribution is 2.56. The van der Waals surface area contributed by atoms with Crippen LogP contribution in [-0.2, 0) is 10.8 Å². The number of hydrogen-bond donors (Lipinski definition) is 0. The normalized spacial score (nSPS) is 13.7. The van der Waals surface area contributed by atoms with Crippen molar-refractivity contribution in [3.05, 3.63) is 259 Å². The highest BCUT2D eigenvalue weighted by atomic mass is 15.1. The molecule has 0 amide bonds. The zero-order valence-electron chi connectivity index (χ0n) is 39.9. The lowest BCUT2D eigenvalue weighted by Crippen LogP contribution is -2.19. The molecule has 0 radical (unpaired) electrons. The van der Waals surface area contributed by atoms with E-state index in [2.05, 4.69) is 274 Å². The van der Waals surface area contributed by atoms with Crippen LogP contribution in [0.1, 0.15) is 50.1 Å². The summed E-state index contributed by atoms with van der Waals surface area (Å²) in [7, 11) is 0. The lowest BCUT2D eigenvalue weighted by atomic mass is 9.80. The van der Waals surface area contributed by atoms with E-state index >= 15 is 0 Å². The molecule has 0 saturated heterocycles. The summed E-state index contributed by atoms with van der Waals surface area (Å²) in [4.78, 5) is 10.4. The van der Waals surface area contributed by atoms with Gasteiger partial charge in [0.15, 0.2) is 0 Å². The van der Waals surface area contributed by atoms with Crippen LogP contribution in [0, 0.1) is 0 Å². The molecule has 0 unspecified atom stereocenters. The van der Waals surface area contributed by atoms with Crippen LogP contribution in [0.2, 0.25) is 0 Å². The minimum absolute atomic E-state index is 0.249. The van der Waals surface area contributed by atoms with Gasteiger partial charge in [0.2, 0.25) is 0 Å². The first-order valence-corrected chi connectivity index (χ1v) is 24.4. The van der Waals surface area contributed by atoms with Gasteiger partial charge < -0.3 is 9.80 Å². The van der Waals surface area contributed by atoms with E-state index in [0.29, 0.717) is 0 Å². The van der Waals surface area contributed by atoms with Gasteiger partial charge in [0.05, 0.1) is 11.4 Å². The smallest absolute Gasteiger partial charge is 0.0750 e. The Balaban J connectivity index is 0.844. The largest absolute Gasteiger partial charge is 0.311 e. The summed E-state index contributed by atoms with van der Waals surface area (Å²) >= 11 is 0. The van der Waals surface area contributed by atoms with E-state index < -0.39 is 0 Å². The second-order valence-corrected chi connectivity index (χ2v) is 20.0. The molecule has 10 aromatic carbocycles. The van der Waals surface area contributed by atoms with Crippen molar-refractivity contribution >= 4 is 55.7 Å². The minimum Gasteiger partial charge on any atom is -0.311 e. The SMILES string of the molecule is CC1(C)c2cc(-c3ccc(-c4ccc(N(c5ccccc5)c5ccccc5)cc4)c4ccccc34)ccc2-c2nc3c(cc21)-c1ccc(N(c2ccccc2)c2ccc4ccccc4c2)cc1C3(C)C. The van der Waals surface area contributed by atoms with Gasteiger partial charge in [0.1, 0.15) is 0 Å². The fourth-order valence-electron chi connectivity index (χ4n) is 11.5. The monoisotopic (exact) mass is 897 g/mol. The Hall–Kier alpha value is -8.53. The molecule has 1 aromatic heterocycles. The zero-order valence-corrected chi connectivity index (χ0v) is 39.9. The fraction of sp³-hybridized carbons (Fsp3) is 0.0896. The third-order valence-corrected chi connectivity index (χ3v) is 15.2. The number of para-hydroxylation sites is 3. The summed E-state index contributed by atoms with van der Waals surface area (Å²) in [6.07, 6.45) is 0. The van der Waals surface area contributed by atoms with Crippen LogP contribution in [0.3, 0.4) is 0 Å². The van der Waals surface area contributed by atoms with Crippen LogP contribution >= 0.6 is 0 Å². The number of hydrogen-bond acceptors (Lipinski definition) is 3. The molecule has 13 rings (SSSR count). The maximum Gasteiger partial charge on any atom is 0.0750 e. The number of aromatic nitrogens is 1. The standard InChI is InChI=1S/C67H51N3/c1-66(2)61-41-47(55-39-38-54(56-26-16-17-27-57(55)56)45-29-32-51(33-30-45)69(48-20-8-5-9-21-48)49-22-10-6-11-23-49)31-36-59(61)64-63(66)43-60-58-37-35-53(42-62(58)67(3,4)65(60)68-64)70(50-24-12-7-13-25-50)52-34-28-44-18-14-15-19-46(44)40-52/h5-43H,1-4H3. The molecule has 3 nitrogen and oxygen atoms in total. The average Bonchev–Trinajstić information content (AvgIpc) is 3.77. The van der Waals surface area contributed by atoms with E-state index in [9.17, 15) is 0 Å². The molecule has 0 N–H and O–H groups in total. The van der Waals surface area contributed by atoms with Crippen LogP contribution in [-0.4, -0.2) is 4.98 Å². The topological polar surface area (TPSA) is 19.4 Å². The Bertz CT molecular complexity index is 3780. The van der Waals surface area contributed by atoms with Crippen molar-refractivity contribution in [1.29, 1.82) is 0 Å². The third-order valence-electron chi connectivity index (χ3n) is 15.2. The maximum atomic E-state index is 5.70. The number of benzene rings is 10. The van der Waals surface area contributed by atoms with Crippen LogP contribution in [0.5, 0.6) is 0 Å². The van der Waals surface area contributed by atoms with Crippen molar-refractivity contribution in [2.75, 3.05) is 9.80 Å². The molecule has 3 heteroatoms.